The number of benzene rings is 2. The van der Waals surface area contributed by atoms with Crippen LogP contribution in [0.3, 0.4) is 0 Å². The number of nitrogens with one attached hydrogen (secondary N) is 1. The summed E-state index contributed by atoms with van der Waals surface area (Å²) in [6.07, 6.45) is 1.32. The molecule has 1 amide bonds. The maximum Gasteiger partial charge on any atom is 0.243 e. The fourth-order valence-electron chi connectivity index (χ4n) is 3.25. The van der Waals surface area contributed by atoms with Gasteiger partial charge in [-0.3, -0.25) is 4.79 Å². The van der Waals surface area contributed by atoms with Crippen molar-refractivity contribution in [1.29, 1.82) is 0 Å². The van der Waals surface area contributed by atoms with E-state index in [1.54, 1.807) is 30.3 Å². The number of thiazole rings is 1. The Morgan fingerprint density at radius 1 is 1.11 bits per heavy atom. The molecule has 8 heteroatoms. The molecule has 1 atom stereocenters. The number of hydrogen-bond donors (Lipinski definition) is 1. The first-order valence-electron chi connectivity index (χ1n) is 8.76. The van der Waals surface area contributed by atoms with Crippen LogP contribution in [0.4, 0.5) is 5.13 Å². The van der Waals surface area contributed by atoms with Crippen LogP contribution in [0.15, 0.2) is 59.5 Å². The van der Waals surface area contributed by atoms with Crippen molar-refractivity contribution in [3.8, 4) is 0 Å². The van der Waals surface area contributed by atoms with Crippen molar-refractivity contribution >= 4 is 42.6 Å². The van der Waals surface area contributed by atoms with E-state index in [-0.39, 0.29) is 23.3 Å². The van der Waals surface area contributed by atoms with E-state index < -0.39 is 10.0 Å². The second kappa shape index (κ2) is 7.38. The van der Waals surface area contributed by atoms with Gasteiger partial charge in [0.1, 0.15) is 0 Å². The third-order valence-corrected chi connectivity index (χ3v) is 7.49. The van der Waals surface area contributed by atoms with Gasteiger partial charge in [0.2, 0.25) is 15.9 Å². The van der Waals surface area contributed by atoms with E-state index in [9.17, 15) is 13.2 Å². The van der Waals surface area contributed by atoms with Crippen molar-refractivity contribution in [2.75, 3.05) is 18.4 Å². The van der Waals surface area contributed by atoms with Crippen molar-refractivity contribution < 1.29 is 13.2 Å². The lowest BCUT2D eigenvalue weighted by Crippen LogP contribution is -2.43. The highest BCUT2D eigenvalue weighted by Gasteiger charge is 2.33. The molecule has 3 aromatic rings. The minimum atomic E-state index is -3.58. The third-order valence-electron chi connectivity index (χ3n) is 4.66. The van der Waals surface area contributed by atoms with E-state index in [0.29, 0.717) is 24.5 Å². The van der Waals surface area contributed by atoms with Gasteiger partial charge in [-0.25, -0.2) is 13.4 Å². The molecule has 0 spiro atoms. The maximum atomic E-state index is 12.8. The Labute approximate surface area is 161 Å². The molecule has 1 unspecified atom stereocenters. The fraction of sp³-hybridized carbons (Fsp3) is 0.263. The highest BCUT2D eigenvalue weighted by atomic mass is 32.2. The summed E-state index contributed by atoms with van der Waals surface area (Å²) in [5.74, 6) is -0.564. The lowest BCUT2D eigenvalue weighted by atomic mass is 9.99. The summed E-state index contributed by atoms with van der Waals surface area (Å²) in [5.41, 5.74) is 0.842. The molecule has 1 fully saturated rings. The van der Waals surface area contributed by atoms with Crippen molar-refractivity contribution in [2.45, 2.75) is 17.7 Å². The van der Waals surface area contributed by atoms with E-state index in [1.165, 1.54) is 15.6 Å². The Hall–Kier alpha value is -2.29. The van der Waals surface area contributed by atoms with E-state index >= 15 is 0 Å². The van der Waals surface area contributed by atoms with E-state index in [1.807, 2.05) is 24.3 Å². The molecular formula is C19H19N3O3S2. The number of amides is 1. The van der Waals surface area contributed by atoms with Gasteiger partial charge < -0.3 is 5.32 Å². The Kier molecular flexibility index (Phi) is 4.94. The summed E-state index contributed by atoms with van der Waals surface area (Å²) in [6, 6.07) is 16.0. The zero-order valence-electron chi connectivity index (χ0n) is 14.5. The second-order valence-electron chi connectivity index (χ2n) is 6.49. The van der Waals surface area contributed by atoms with Crippen LogP contribution >= 0.6 is 11.3 Å². The number of aromatic nitrogens is 1. The molecule has 1 saturated heterocycles. The summed E-state index contributed by atoms with van der Waals surface area (Å²) in [6.45, 7) is 0.621. The molecular weight excluding hydrogens is 382 g/mol. The number of carbonyl (C=O) groups is 1. The highest BCUT2D eigenvalue weighted by Crippen LogP contribution is 2.28. The largest absolute Gasteiger partial charge is 0.302 e. The molecule has 0 aliphatic carbocycles. The lowest BCUT2D eigenvalue weighted by Gasteiger charge is -2.31. The van der Waals surface area contributed by atoms with Gasteiger partial charge in [0.05, 0.1) is 21.0 Å². The minimum absolute atomic E-state index is 0.179. The van der Waals surface area contributed by atoms with Crippen LogP contribution in [0.2, 0.25) is 0 Å². The van der Waals surface area contributed by atoms with Gasteiger partial charge >= 0.3 is 0 Å². The lowest BCUT2D eigenvalue weighted by molar-refractivity contribution is -0.120. The molecule has 6 nitrogen and oxygen atoms in total. The summed E-state index contributed by atoms with van der Waals surface area (Å²) < 4.78 is 28.0. The van der Waals surface area contributed by atoms with E-state index in [2.05, 4.69) is 10.3 Å². The summed E-state index contributed by atoms with van der Waals surface area (Å²) in [4.78, 5) is 17.4. The van der Waals surface area contributed by atoms with Crippen LogP contribution in [-0.4, -0.2) is 36.7 Å². The summed E-state index contributed by atoms with van der Waals surface area (Å²) in [5, 5.41) is 3.41. The number of nitrogens with zero attached hydrogens (tertiary/aromatic N) is 2. The maximum absolute atomic E-state index is 12.8. The monoisotopic (exact) mass is 401 g/mol. The molecule has 2 heterocycles. The predicted octanol–water partition coefficient (Wildman–Crippen LogP) is 3.34. The van der Waals surface area contributed by atoms with Gasteiger partial charge in [-0.05, 0) is 37.1 Å². The first-order chi connectivity index (χ1) is 13.0. The van der Waals surface area contributed by atoms with Crippen molar-refractivity contribution in [3.05, 3.63) is 54.6 Å². The zero-order valence-corrected chi connectivity index (χ0v) is 16.2. The zero-order chi connectivity index (χ0) is 18.9. The van der Waals surface area contributed by atoms with Crippen LogP contribution < -0.4 is 5.32 Å². The van der Waals surface area contributed by atoms with Crippen molar-refractivity contribution in [3.63, 3.8) is 0 Å². The molecule has 1 N–H and O–H groups in total. The standard InChI is InChI=1S/C19H19N3O3S2/c23-18(21-19-20-16-10-4-5-11-17(16)26-19)14-7-6-12-22(13-14)27(24,25)15-8-2-1-3-9-15/h1-5,8-11,14H,6-7,12-13H2,(H,20,21,23). The topological polar surface area (TPSA) is 79.4 Å². The van der Waals surface area contributed by atoms with Gasteiger partial charge in [-0.2, -0.15) is 4.31 Å². The third kappa shape index (κ3) is 3.73. The molecule has 140 valence electrons. The van der Waals surface area contributed by atoms with Crippen LogP contribution in [0.5, 0.6) is 0 Å². The van der Waals surface area contributed by atoms with Crippen LogP contribution in [0.1, 0.15) is 12.8 Å². The van der Waals surface area contributed by atoms with E-state index in [4.69, 9.17) is 0 Å². The summed E-state index contributed by atoms with van der Waals surface area (Å²) >= 11 is 1.42. The Balaban J connectivity index is 1.48. The molecule has 1 aliphatic rings. The fourth-order valence-corrected chi connectivity index (χ4v) is 5.66. The highest BCUT2D eigenvalue weighted by molar-refractivity contribution is 7.89. The average molecular weight is 402 g/mol. The van der Waals surface area contributed by atoms with Gasteiger partial charge in [0.25, 0.3) is 0 Å². The van der Waals surface area contributed by atoms with Crippen molar-refractivity contribution in [1.82, 2.24) is 9.29 Å². The number of carbonyl (C=O) groups excluding carboxylic acids is 1. The molecule has 27 heavy (non-hydrogen) atoms. The number of anilines is 1. The first kappa shape index (κ1) is 18.1. The second-order valence-corrected chi connectivity index (χ2v) is 9.46. The number of rotatable bonds is 4. The summed E-state index contributed by atoms with van der Waals surface area (Å²) in [7, 11) is -3.58. The minimum Gasteiger partial charge on any atom is -0.302 e. The number of para-hydroxylation sites is 1. The smallest absolute Gasteiger partial charge is 0.243 e. The van der Waals surface area contributed by atoms with Crippen LogP contribution in [0.25, 0.3) is 10.2 Å². The Morgan fingerprint density at radius 3 is 2.63 bits per heavy atom. The first-order valence-corrected chi connectivity index (χ1v) is 11.0. The SMILES string of the molecule is O=C(Nc1nc2ccccc2s1)C1CCCN(S(=O)(=O)c2ccccc2)C1. The molecule has 2 aromatic carbocycles. The number of fused-ring (bicyclic) bond motifs is 1. The van der Waals surface area contributed by atoms with Crippen LogP contribution in [-0.2, 0) is 14.8 Å². The normalized spacial score (nSPS) is 18.4. The molecule has 0 bridgehead atoms. The van der Waals surface area contributed by atoms with Gasteiger partial charge in [-0.15, -0.1) is 0 Å². The van der Waals surface area contributed by atoms with Crippen molar-refractivity contribution in [2.24, 2.45) is 5.92 Å². The molecule has 0 radical (unpaired) electrons. The molecule has 1 aliphatic heterocycles. The Morgan fingerprint density at radius 2 is 1.85 bits per heavy atom. The van der Waals surface area contributed by atoms with Gasteiger partial charge in [0, 0.05) is 13.1 Å². The molecule has 0 saturated carbocycles. The Bertz CT molecular complexity index is 1030. The number of sulfonamides is 1. The van der Waals surface area contributed by atoms with Crippen LogP contribution in [0, 0.1) is 5.92 Å². The number of hydrogen-bond acceptors (Lipinski definition) is 5. The van der Waals surface area contributed by atoms with Gasteiger partial charge in [0.15, 0.2) is 5.13 Å². The number of piperidine rings is 1. The average Bonchev–Trinajstić information content (AvgIpc) is 3.11. The van der Waals surface area contributed by atoms with E-state index in [0.717, 1.165) is 10.2 Å². The van der Waals surface area contributed by atoms with Gasteiger partial charge in [-0.1, -0.05) is 41.7 Å². The molecule has 1 aromatic heterocycles. The predicted molar refractivity (Wildman–Crippen MR) is 106 cm³/mol. The quantitative estimate of drug-likeness (QED) is 0.727. The molecule has 4 rings (SSSR count).